The normalized spacial score (nSPS) is 12.6. The van der Waals surface area contributed by atoms with E-state index in [1.54, 1.807) is 6.08 Å². The van der Waals surface area contributed by atoms with Crippen LogP contribution in [0.5, 0.6) is 0 Å². The molecule has 0 radical (unpaired) electrons. The summed E-state index contributed by atoms with van der Waals surface area (Å²) in [5.74, 6) is -0.0779. The van der Waals surface area contributed by atoms with Gasteiger partial charge in [0.2, 0.25) is 5.91 Å². The van der Waals surface area contributed by atoms with E-state index in [2.05, 4.69) is 19.2 Å². The van der Waals surface area contributed by atoms with Gasteiger partial charge < -0.3 is 20.3 Å². The number of hydrogen-bond acceptors (Lipinski definition) is 5. The third-order valence-electron chi connectivity index (χ3n) is 15.3. The summed E-state index contributed by atoms with van der Waals surface area (Å²) < 4.78 is 5.49. The summed E-state index contributed by atoms with van der Waals surface area (Å²) in [6, 6.07) is -0.638. The molecule has 0 aliphatic heterocycles. The Kier molecular flexibility index (Phi) is 59.9. The lowest BCUT2D eigenvalue weighted by Crippen LogP contribution is -2.45. The van der Waals surface area contributed by atoms with Gasteiger partial charge in [0.25, 0.3) is 0 Å². The molecule has 0 aliphatic rings. The van der Waals surface area contributed by atoms with E-state index in [1.807, 2.05) is 6.08 Å². The highest BCUT2D eigenvalue weighted by Crippen LogP contribution is 2.18. The molecule has 1 amide bonds. The summed E-state index contributed by atoms with van der Waals surface area (Å²) in [5.41, 5.74) is 0. The van der Waals surface area contributed by atoms with E-state index in [4.69, 9.17) is 4.74 Å². The van der Waals surface area contributed by atoms with Crippen LogP contribution in [0.4, 0.5) is 0 Å². The first kappa shape index (κ1) is 69.6. The molecule has 0 spiro atoms. The number of rotatable bonds is 61. The monoisotopic (exact) mass is 1000 g/mol. The molecule has 0 aromatic carbocycles. The molecule has 0 bridgehead atoms. The molecule has 0 rings (SSSR count). The minimum Gasteiger partial charge on any atom is -0.466 e. The number of hydrogen-bond donors (Lipinski definition) is 3. The number of carbonyl (C=O) groups excluding carboxylic acids is 2. The van der Waals surface area contributed by atoms with Crippen LogP contribution in [0.15, 0.2) is 12.2 Å². The molecule has 0 aliphatic carbocycles. The fraction of sp³-hybridized carbons (Fsp3) is 0.938. The molecular weight excluding hydrogens is 875 g/mol. The van der Waals surface area contributed by atoms with Crippen molar-refractivity contribution >= 4 is 11.9 Å². The van der Waals surface area contributed by atoms with Gasteiger partial charge in [-0.25, -0.2) is 0 Å². The number of nitrogens with one attached hydrogen (secondary N) is 1. The van der Waals surface area contributed by atoms with Crippen molar-refractivity contribution in [3.63, 3.8) is 0 Å². The third-order valence-corrected chi connectivity index (χ3v) is 15.3. The maximum Gasteiger partial charge on any atom is 0.305 e. The van der Waals surface area contributed by atoms with Gasteiger partial charge in [-0.05, 0) is 32.1 Å². The largest absolute Gasteiger partial charge is 0.466 e. The lowest BCUT2D eigenvalue weighted by molar-refractivity contribution is -0.143. The van der Waals surface area contributed by atoms with Gasteiger partial charge in [-0.2, -0.15) is 0 Å². The van der Waals surface area contributed by atoms with Gasteiger partial charge in [-0.15, -0.1) is 0 Å². The highest BCUT2D eigenvalue weighted by molar-refractivity contribution is 5.76. The summed E-state index contributed by atoms with van der Waals surface area (Å²) in [4.78, 5) is 24.6. The highest BCUT2D eigenvalue weighted by atomic mass is 16.5. The van der Waals surface area contributed by atoms with Crippen LogP contribution in [0.2, 0.25) is 0 Å². The minimum atomic E-state index is -0.854. The Labute approximate surface area is 444 Å². The standard InChI is InChI=1S/C65H127NO5/c1-3-5-7-9-11-13-15-17-19-21-22-23-24-25-26-27-28-29-30-33-37-41-45-49-53-57-63(68)62(61-67)66-64(69)58-54-50-46-42-38-34-32-36-40-44-48-52-56-60-71-65(70)59-55-51-47-43-39-35-31-20-18-16-14-12-10-8-6-4-2/h53,57,62-63,67-68H,3-52,54-56,58-61H2,1-2H3,(H,66,69)/b57-53+. The van der Waals surface area contributed by atoms with Crippen molar-refractivity contribution in [2.75, 3.05) is 13.2 Å². The number of carbonyl (C=O) groups is 2. The van der Waals surface area contributed by atoms with Gasteiger partial charge in [0.15, 0.2) is 0 Å². The van der Waals surface area contributed by atoms with E-state index in [0.29, 0.717) is 19.4 Å². The van der Waals surface area contributed by atoms with Crippen molar-refractivity contribution in [1.82, 2.24) is 5.32 Å². The molecule has 0 aromatic heterocycles. The van der Waals surface area contributed by atoms with Crippen LogP contribution in [0.1, 0.15) is 367 Å². The first-order chi connectivity index (χ1) is 35.0. The van der Waals surface area contributed by atoms with Gasteiger partial charge in [-0.3, -0.25) is 9.59 Å². The molecule has 2 unspecified atom stereocenters. The number of amides is 1. The molecule has 3 N–H and O–H groups in total. The van der Waals surface area contributed by atoms with Crippen LogP contribution in [0.3, 0.4) is 0 Å². The van der Waals surface area contributed by atoms with Crippen molar-refractivity contribution in [2.24, 2.45) is 0 Å². The van der Waals surface area contributed by atoms with E-state index in [1.165, 1.54) is 283 Å². The maximum atomic E-state index is 12.5. The molecule has 2 atom stereocenters. The zero-order valence-corrected chi connectivity index (χ0v) is 48.2. The predicted molar refractivity (Wildman–Crippen MR) is 310 cm³/mol. The Morgan fingerprint density at radius 3 is 0.958 bits per heavy atom. The van der Waals surface area contributed by atoms with Crippen molar-refractivity contribution in [2.45, 2.75) is 379 Å². The Balaban J connectivity index is 3.45. The summed E-state index contributed by atoms with van der Waals surface area (Å²) in [6.07, 6.45) is 74.0. The fourth-order valence-corrected chi connectivity index (χ4v) is 10.3. The number of ether oxygens (including phenoxy) is 1. The van der Waals surface area contributed by atoms with E-state index < -0.39 is 12.1 Å². The van der Waals surface area contributed by atoms with Gasteiger partial charge in [0, 0.05) is 12.8 Å². The van der Waals surface area contributed by atoms with Crippen LogP contribution < -0.4 is 5.32 Å². The van der Waals surface area contributed by atoms with Gasteiger partial charge in [-0.1, -0.05) is 334 Å². The van der Waals surface area contributed by atoms with E-state index in [9.17, 15) is 19.8 Å². The Morgan fingerprint density at radius 1 is 0.380 bits per heavy atom. The smallest absolute Gasteiger partial charge is 0.305 e. The number of esters is 1. The summed E-state index contributed by atoms with van der Waals surface area (Å²) in [7, 11) is 0. The molecule has 0 saturated carbocycles. The number of aliphatic hydroxyl groups excluding tert-OH is 2. The summed E-state index contributed by atoms with van der Waals surface area (Å²) in [6.45, 7) is 4.92. The van der Waals surface area contributed by atoms with Gasteiger partial charge >= 0.3 is 5.97 Å². The average molecular weight is 1000 g/mol. The zero-order chi connectivity index (χ0) is 51.4. The second kappa shape index (κ2) is 61.1. The first-order valence-corrected chi connectivity index (χ1v) is 32.5. The zero-order valence-electron chi connectivity index (χ0n) is 48.2. The highest BCUT2D eigenvalue weighted by Gasteiger charge is 2.18. The van der Waals surface area contributed by atoms with Gasteiger partial charge in [0.05, 0.1) is 25.4 Å². The quantitative estimate of drug-likeness (QED) is 0.0320. The van der Waals surface area contributed by atoms with Crippen molar-refractivity contribution < 1.29 is 24.5 Å². The second-order valence-electron chi connectivity index (χ2n) is 22.5. The Bertz CT molecular complexity index is 1060. The van der Waals surface area contributed by atoms with Crippen LogP contribution in [-0.2, 0) is 14.3 Å². The van der Waals surface area contributed by atoms with E-state index in [0.717, 1.165) is 57.8 Å². The SMILES string of the molecule is CCCCCCCCCCCCCCCCCCCCCCCCC/C=C/C(O)C(CO)NC(=O)CCCCCCCCCCCCCCCOC(=O)CCCCCCCCCCCCCCCCCC. The van der Waals surface area contributed by atoms with E-state index >= 15 is 0 Å². The average Bonchev–Trinajstić information content (AvgIpc) is 3.37. The minimum absolute atomic E-state index is 0.00204. The van der Waals surface area contributed by atoms with E-state index in [-0.39, 0.29) is 18.5 Å². The fourth-order valence-electron chi connectivity index (χ4n) is 10.3. The van der Waals surface area contributed by atoms with Crippen LogP contribution in [0.25, 0.3) is 0 Å². The van der Waals surface area contributed by atoms with Crippen molar-refractivity contribution in [3.8, 4) is 0 Å². The lowest BCUT2D eigenvalue weighted by Gasteiger charge is -2.20. The lowest BCUT2D eigenvalue weighted by atomic mass is 10.0. The van der Waals surface area contributed by atoms with Crippen LogP contribution in [0, 0.1) is 0 Å². The summed E-state index contributed by atoms with van der Waals surface area (Å²) in [5, 5.41) is 23.2. The maximum absolute atomic E-state index is 12.5. The predicted octanol–water partition coefficient (Wildman–Crippen LogP) is 20.4. The first-order valence-electron chi connectivity index (χ1n) is 32.5. The molecule has 0 fully saturated rings. The molecule has 6 heteroatoms. The number of aliphatic hydroxyl groups is 2. The number of allylic oxidation sites excluding steroid dienone is 1. The molecular formula is C65H127NO5. The Morgan fingerprint density at radius 2 is 0.648 bits per heavy atom. The summed E-state index contributed by atoms with van der Waals surface area (Å²) >= 11 is 0. The number of unbranched alkanes of at least 4 members (excludes halogenated alkanes) is 50. The van der Waals surface area contributed by atoms with Crippen molar-refractivity contribution in [1.29, 1.82) is 0 Å². The molecule has 0 heterocycles. The molecule has 6 nitrogen and oxygen atoms in total. The second-order valence-corrected chi connectivity index (χ2v) is 22.5. The van der Waals surface area contributed by atoms with Crippen molar-refractivity contribution in [3.05, 3.63) is 12.2 Å². The topological polar surface area (TPSA) is 95.9 Å². The third kappa shape index (κ3) is 57.7. The molecule has 71 heavy (non-hydrogen) atoms. The molecule has 0 saturated heterocycles. The Hall–Kier alpha value is -1.40. The molecule has 422 valence electrons. The molecule has 0 aromatic rings. The van der Waals surface area contributed by atoms with Crippen LogP contribution >= 0.6 is 0 Å². The van der Waals surface area contributed by atoms with Crippen LogP contribution in [-0.4, -0.2) is 47.4 Å². The van der Waals surface area contributed by atoms with Gasteiger partial charge in [0.1, 0.15) is 0 Å².